The zero-order valence-electron chi connectivity index (χ0n) is 12.4. The fraction of sp³-hybridized carbons (Fsp3) is 0.533. The lowest BCUT2D eigenvalue weighted by molar-refractivity contribution is -0.121. The molecule has 1 unspecified atom stereocenters. The van der Waals surface area contributed by atoms with Gasteiger partial charge in [-0.15, -0.1) is 0 Å². The highest BCUT2D eigenvalue weighted by Gasteiger charge is 2.15. The first kappa shape index (κ1) is 15.2. The maximum absolute atomic E-state index is 11.9. The number of nitrogens with zero attached hydrogens (tertiary/aromatic N) is 2. The lowest BCUT2D eigenvalue weighted by Gasteiger charge is -2.22. The highest BCUT2D eigenvalue weighted by Crippen LogP contribution is 2.19. The third-order valence-electron chi connectivity index (χ3n) is 3.80. The van der Waals surface area contributed by atoms with Gasteiger partial charge in [0.25, 0.3) is 0 Å². The van der Waals surface area contributed by atoms with Gasteiger partial charge >= 0.3 is 0 Å². The van der Waals surface area contributed by atoms with Gasteiger partial charge in [-0.3, -0.25) is 4.79 Å². The number of carbonyl (C=O) groups excluding carboxylic acids is 1. The SMILES string of the molecule is O=C(CCc1nc(-c2ccsc2)no1)NCC1CCCNC1. The third kappa shape index (κ3) is 4.14. The second-order valence-corrected chi connectivity index (χ2v) is 6.32. The monoisotopic (exact) mass is 320 g/mol. The van der Waals surface area contributed by atoms with Crippen LogP contribution < -0.4 is 10.6 Å². The van der Waals surface area contributed by atoms with Crippen LogP contribution >= 0.6 is 11.3 Å². The van der Waals surface area contributed by atoms with E-state index < -0.39 is 0 Å². The fourth-order valence-electron chi connectivity index (χ4n) is 2.53. The highest BCUT2D eigenvalue weighted by molar-refractivity contribution is 7.08. The molecule has 1 atom stereocenters. The molecule has 2 aromatic heterocycles. The van der Waals surface area contributed by atoms with Crippen LogP contribution in [0.5, 0.6) is 0 Å². The van der Waals surface area contributed by atoms with E-state index in [1.54, 1.807) is 11.3 Å². The number of hydrogen-bond acceptors (Lipinski definition) is 6. The van der Waals surface area contributed by atoms with Crippen LogP contribution in [-0.2, 0) is 11.2 Å². The van der Waals surface area contributed by atoms with E-state index in [1.807, 2.05) is 16.8 Å². The number of aromatic nitrogens is 2. The molecule has 0 saturated carbocycles. The van der Waals surface area contributed by atoms with Crippen molar-refractivity contribution in [2.75, 3.05) is 19.6 Å². The summed E-state index contributed by atoms with van der Waals surface area (Å²) >= 11 is 1.59. The van der Waals surface area contributed by atoms with Crippen LogP contribution in [0, 0.1) is 5.92 Å². The average molecular weight is 320 g/mol. The first-order valence-electron chi connectivity index (χ1n) is 7.64. The van der Waals surface area contributed by atoms with Crippen LogP contribution in [0.25, 0.3) is 11.4 Å². The van der Waals surface area contributed by atoms with E-state index in [4.69, 9.17) is 4.52 Å². The van der Waals surface area contributed by atoms with Crippen LogP contribution in [0.3, 0.4) is 0 Å². The Labute approximate surface area is 133 Å². The summed E-state index contributed by atoms with van der Waals surface area (Å²) in [5.41, 5.74) is 0.953. The van der Waals surface area contributed by atoms with E-state index in [2.05, 4.69) is 20.8 Å². The van der Waals surface area contributed by atoms with Gasteiger partial charge in [-0.2, -0.15) is 16.3 Å². The maximum Gasteiger partial charge on any atom is 0.227 e. The fourth-order valence-corrected chi connectivity index (χ4v) is 3.16. The lowest BCUT2D eigenvalue weighted by Crippen LogP contribution is -2.38. The first-order valence-corrected chi connectivity index (χ1v) is 8.58. The molecule has 0 bridgehead atoms. The van der Waals surface area contributed by atoms with Gasteiger partial charge in [-0.05, 0) is 43.3 Å². The predicted octanol–water partition coefficient (Wildman–Crippen LogP) is 1.85. The molecule has 22 heavy (non-hydrogen) atoms. The van der Waals surface area contributed by atoms with Gasteiger partial charge in [0.05, 0.1) is 0 Å². The number of aryl methyl sites for hydroxylation is 1. The summed E-state index contributed by atoms with van der Waals surface area (Å²) in [6.45, 7) is 2.83. The summed E-state index contributed by atoms with van der Waals surface area (Å²) < 4.78 is 5.19. The lowest BCUT2D eigenvalue weighted by atomic mass is 10.00. The Bertz CT molecular complexity index is 590. The number of carbonyl (C=O) groups is 1. The number of thiophene rings is 1. The molecule has 3 heterocycles. The molecule has 0 spiro atoms. The van der Waals surface area contributed by atoms with Gasteiger partial charge in [0.1, 0.15) is 0 Å². The molecule has 3 rings (SSSR count). The van der Waals surface area contributed by atoms with Crippen LogP contribution in [-0.4, -0.2) is 35.7 Å². The molecule has 1 aliphatic rings. The van der Waals surface area contributed by atoms with Crippen molar-refractivity contribution in [3.63, 3.8) is 0 Å². The van der Waals surface area contributed by atoms with E-state index in [-0.39, 0.29) is 5.91 Å². The van der Waals surface area contributed by atoms with Crippen LogP contribution in [0.2, 0.25) is 0 Å². The molecule has 0 aromatic carbocycles. The van der Waals surface area contributed by atoms with Crippen molar-refractivity contribution in [3.05, 3.63) is 22.7 Å². The number of hydrogen-bond donors (Lipinski definition) is 2. The minimum atomic E-state index is 0.0425. The summed E-state index contributed by atoms with van der Waals surface area (Å²) in [4.78, 5) is 16.2. The molecular formula is C15H20N4O2S. The molecule has 1 aliphatic heterocycles. The molecule has 7 heteroatoms. The molecular weight excluding hydrogens is 300 g/mol. The van der Waals surface area contributed by atoms with E-state index in [1.165, 1.54) is 12.8 Å². The Balaban J connectivity index is 1.41. The number of rotatable bonds is 6. The Morgan fingerprint density at radius 1 is 1.55 bits per heavy atom. The van der Waals surface area contributed by atoms with Crippen molar-refractivity contribution >= 4 is 17.2 Å². The van der Waals surface area contributed by atoms with Crippen molar-refractivity contribution in [2.45, 2.75) is 25.7 Å². The summed E-state index contributed by atoms with van der Waals surface area (Å²) in [7, 11) is 0. The van der Waals surface area contributed by atoms with Crippen molar-refractivity contribution in [3.8, 4) is 11.4 Å². The molecule has 2 aromatic rings. The minimum Gasteiger partial charge on any atom is -0.356 e. The zero-order valence-corrected chi connectivity index (χ0v) is 13.2. The molecule has 1 saturated heterocycles. The second kappa shape index (κ2) is 7.51. The van der Waals surface area contributed by atoms with Crippen LogP contribution in [0.4, 0.5) is 0 Å². The Kier molecular flexibility index (Phi) is 5.18. The highest BCUT2D eigenvalue weighted by atomic mass is 32.1. The largest absolute Gasteiger partial charge is 0.356 e. The first-order chi connectivity index (χ1) is 10.8. The van der Waals surface area contributed by atoms with E-state index >= 15 is 0 Å². The van der Waals surface area contributed by atoms with Gasteiger partial charge in [0.15, 0.2) is 0 Å². The number of amides is 1. The Hall–Kier alpha value is -1.73. The third-order valence-corrected chi connectivity index (χ3v) is 4.48. The van der Waals surface area contributed by atoms with Crippen molar-refractivity contribution in [1.29, 1.82) is 0 Å². The Morgan fingerprint density at radius 2 is 2.50 bits per heavy atom. The van der Waals surface area contributed by atoms with Crippen LogP contribution in [0.15, 0.2) is 21.3 Å². The normalized spacial score (nSPS) is 18.3. The predicted molar refractivity (Wildman–Crippen MR) is 84.5 cm³/mol. The minimum absolute atomic E-state index is 0.0425. The molecule has 118 valence electrons. The van der Waals surface area contributed by atoms with Gasteiger partial charge in [-0.1, -0.05) is 5.16 Å². The molecule has 1 amide bonds. The van der Waals surface area contributed by atoms with Gasteiger partial charge in [0, 0.05) is 30.3 Å². The topological polar surface area (TPSA) is 80.0 Å². The van der Waals surface area contributed by atoms with Gasteiger partial charge < -0.3 is 15.2 Å². The number of nitrogens with one attached hydrogen (secondary N) is 2. The van der Waals surface area contributed by atoms with Crippen molar-refractivity contribution in [2.24, 2.45) is 5.92 Å². The summed E-state index contributed by atoms with van der Waals surface area (Å²) in [5.74, 6) is 1.69. The molecule has 0 aliphatic carbocycles. The number of piperidine rings is 1. The smallest absolute Gasteiger partial charge is 0.227 e. The zero-order chi connectivity index (χ0) is 15.2. The van der Waals surface area contributed by atoms with Crippen LogP contribution in [0.1, 0.15) is 25.2 Å². The molecule has 1 fully saturated rings. The summed E-state index contributed by atoms with van der Waals surface area (Å²) in [5, 5.41) is 14.2. The molecule has 2 N–H and O–H groups in total. The molecule has 0 radical (unpaired) electrons. The standard InChI is InChI=1S/C15H20N4O2S/c20-13(17-9-11-2-1-6-16-8-11)3-4-14-18-15(19-21-14)12-5-7-22-10-12/h5,7,10-11,16H,1-4,6,8-9H2,(H,17,20). The van der Waals surface area contributed by atoms with E-state index in [9.17, 15) is 4.79 Å². The Morgan fingerprint density at radius 3 is 3.27 bits per heavy atom. The van der Waals surface area contributed by atoms with E-state index in [0.717, 1.165) is 25.2 Å². The van der Waals surface area contributed by atoms with Gasteiger partial charge in [0.2, 0.25) is 17.6 Å². The average Bonchev–Trinajstić information content (AvgIpc) is 3.22. The van der Waals surface area contributed by atoms with Gasteiger partial charge in [-0.25, -0.2) is 0 Å². The van der Waals surface area contributed by atoms with E-state index in [0.29, 0.717) is 30.5 Å². The second-order valence-electron chi connectivity index (χ2n) is 5.54. The van der Waals surface area contributed by atoms with Crippen molar-refractivity contribution < 1.29 is 9.32 Å². The quantitative estimate of drug-likeness (QED) is 0.849. The van der Waals surface area contributed by atoms with Crippen molar-refractivity contribution in [1.82, 2.24) is 20.8 Å². The summed E-state index contributed by atoms with van der Waals surface area (Å²) in [6, 6.07) is 1.95. The summed E-state index contributed by atoms with van der Waals surface area (Å²) in [6.07, 6.45) is 3.23. The maximum atomic E-state index is 11.9. The molecule has 6 nitrogen and oxygen atoms in total.